The van der Waals surface area contributed by atoms with Crippen LogP contribution in [0.2, 0.25) is 0 Å². The summed E-state index contributed by atoms with van der Waals surface area (Å²) in [4.78, 5) is 16.2. The van der Waals surface area contributed by atoms with Crippen LogP contribution >= 0.6 is 0 Å². The summed E-state index contributed by atoms with van der Waals surface area (Å²) in [6.07, 6.45) is 0. The second-order valence-electron chi connectivity index (χ2n) is 12.7. The van der Waals surface area contributed by atoms with Gasteiger partial charge >= 0.3 is 0 Å². The van der Waals surface area contributed by atoms with E-state index in [1.54, 1.807) is 0 Å². The fourth-order valence-corrected chi connectivity index (χ4v) is 6.60. The maximum Gasteiger partial charge on any atom is 0.164 e. The van der Waals surface area contributed by atoms with E-state index in [1.807, 2.05) is 0 Å². The number of benzene rings is 6. The van der Waals surface area contributed by atoms with Crippen LogP contribution in [-0.4, -0.2) is 15.0 Å². The standard InChI is InChI=1S/C45H39N3/c1-28-22-25-37(34-16-10-7-11-17-34)40(31(28)4)43-46-44(41-32(5)29(2)23-26-38(41)35-18-12-8-13-19-35)48-45(47-43)42-33(6)30(3)24-27-39(42)36-20-14-9-15-21-36/h7-27H,1-6H3. The van der Waals surface area contributed by atoms with Crippen LogP contribution in [0, 0.1) is 41.5 Å². The van der Waals surface area contributed by atoms with Crippen molar-refractivity contribution < 1.29 is 0 Å². The largest absolute Gasteiger partial charge is 0.208 e. The van der Waals surface area contributed by atoms with Crippen LogP contribution < -0.4 is 0 Å². The summed E-state index contributed by atoms with van der Waals surface area (Å²) in [5.41, 5.74) is 16.9. The first kappa shape index (κ1) is 31.0. The molecule has 1 aromatic heterocycles. The van der Waals surface area contributed by atoms with E-state index in [0.717, 1.165) is 66.8 Å². The average molecular weight is 622 g/mol. The van der Waals surface area contributed by atoms with Gasteiger partial charge in [0.15, 0.2) is 17.5 Å². The van der Waals surface area contributed by atoms with Gasteiger partial charge in [0, 0.05) is 16.7 Å². The number of hydrogen-bond donors (Lipinski definition) is 0. The van der Waals surface area contributed by atoms with Crippen LogP contribution in [0.3, 0.4) is 0 Å². The highest BCUT2D eigenvalue weighted by Crippen LogP contribution is 2.41. The van der Waals surface area contributed by atoms with Gasteiger partial charge in [0.05, 0.1) is 0 Å². The predicted octanol–water partition coefficient (Wildman–Crippen LogP) is 11.7. The molecular formula is C45H39N3. The van der Waals surface area contributed by atoms with Gasteiger partial charge in [-0.3, -0.25) is 0 Å². The van der Waals surface area contributed by atoms with Crippen molar-refractivity contribution in [2.45, 2.75) is 41.5 Å². The molecule has 0 aliphatic heterocycles. The van der Waals surface area contributed by atoms with Crippen LogP contribution in [0.4, 0.5) is 0 Å². The van der Waals surface area contributed by atoms with Crippen molar-refractivity contribution in [2.75, 3.05) is 0 Å². The minimum Gasteiger partial charge on any atom is -0.208 e. The second-order valence-corrected chi connectivity index (χ2v) is 12.7. The zero-order chi connectivity index (χ0) is 33.4. The van der Waals surface area contributed by atoms with Gasteiger partial charge in [0.2, 0.25) is 0 Å². The molecule has 3 heteroatoms. The van der Waals surface area contributed by atoms with E-state index in [4.69, 9.17) is 15.0 Å². The number of aromatic nitrogens is 3. The topological polar surface area (TPSA) is 38.7 Å². The molecule has 7 aromatic rings. The third kappa shape index (κ3) is 5.62. The highest BCUT2D eigenvalue weighted by atomic mass is 15.0. The van der Waals surface area contributed by atoms with Crippen LogP contribution in [0.25, 0.3) is 67.5 Å². The SMILES string of the molecule is Cc1ccc(-c2ccccc2)c(-c2nc(-c3c(-c4ccccc4)ccc(C)c3C)nc(-c3c(-c4ccccc4)ccc(C)c3C)n2)c1C. The molecule has 1 heterocycles. The highest BCUT2D eigenvalue weighted by Gasteiger charge is 2.24. The van der Waals surface area contributed by atoms with Gasteiger partial charge < -0.3 is 0 Å². The average Bonchev–Trinajstić information content (AvgIpc) is 3.12. The molecular weight excluding hydrogens is 583 g/mol. The monoisotopic (exact) mass is 621 g/mol. The van der Waals surface area contributed by atoms with Gasteiger partial charge in [-0.15, -0.1) is 0 Å². The Morgan fingerprint density at radius 2 is 0.542 bits per heavy atom. The van der Waals surface area contributed by atoms with E-state index in [9.17, 15) is 0 Å². The quantitative estimate of drug-likeness (QED) is 0.185. The summed E-state index contributed by atoms with van der Waals surface area (Å²) in [5.74, 6) is 2.03. The molecule has 0 aliphatic rings. The van der Waals surface area contributed by atoms with Crippen molar-refractivity contribution in [3.63, 3.8) is 0 Å². The fourth-order valence-electron chi connectivity index (χ4n) is 6.60. The van der Waals surface area contributed by atoms with Crippen molar-refractivity contribution in [3.05, 3.63) is 161 Å². The lowest BCUT2D eigenvalue weighted by atomic mass is 9.90. The summed E-state index contributed by atoms with van der Waals surface area (Å²) >= 11 is 0. The Balaban J connectivity index is 1.61. The van der Waals surface area contributed by atoms with Crippen LogP contribution in [0.5, 0.6) is 0 Å². The Hall–Kier alpha value is -5.67. The van der Waals surface area contributed by atoms with E-state index >= 15 is 0 Å². The van der Waals surface area contributed by atoms with E-state index in [1.165, 1.54) is 16.7 Å². The molecule has 0 saturated heterocycles. The number of nitrogens with zero attached hydrogens (tertiary/aromatic N) is 3. The van der Waals surface area contributed by atoms with E-state index < -0.39 is 0 Å². The zero-order valence-electron chi connectivity index (χ0n) is 28.5. The molecule has 0 spiro atoms. The molecule has 0 radical (unpaired) electrons. The van der Waals surface area contributed by atoms with E-state index in [-0.39, 0.29) is 0 Å². The molecule has 0 atom stereocenters. The lowest BCUT2D eigenvalue weighted by molar-refractivity contribution is 1.06. The Bertz CT molecular complexity index is 2000. The Labute approximate surface area is 284 Å². The molecule has 0 aliphatic carbocycles. The van der Waals surface area contributed by atoms with Gasteiger partial charge in [-0.2, -0.15) is 0 Å². The summed E-state index contributed by atoms with van der Waals surface area (Å²) in [6, 6.07) is 44.8. The summed E-state index contributed by atoms with van der Waals surface area (Å²) < 4.78 is 0. The van der Waals surface area contributed by atoms with Crippen LogP contribution in [0.15, 0.2) is 127 Å². The minimum atomic E-state index is 0.676. The summed E-state index contributed by atoms with van der Waals surface area (Å²) in [7, 11) is 0. The lowest BCUT2D eigenvalue weighted by Gasteiger charge is -2.20. The fraction of sp³-hybridized carbons (Fsp3) is 0.133. The predicted molar refractivity (Wildman–Crippen MR) is 201 cm³/mol. The molecule has 3 nitrogen and oxygen atoms in total. The Morgan fingerprint density at radius 3 is 0.792 bits per heavy atom. The molecule has 48 heavy (non-hydrogen) atoms. The molecule has 0 amide bonds. The normalized spacial score (nSPS) is 11.1. The molecule has 234 valence electrons. The molecule has 6 aromatic carbocycles. The molecule has 7 rings (SSSR count). The first-order valence-electron chi connectivity index (χ1n) is 16.6. The molecule has 0 bridgehead atoms. The van der Waals surface area contributed by atoms with Crippen molar-refractivity contribution >= 4 is 0 Å². The highest BCUT2D eigenvalue weighted by molar-refractivity contribution is 5.90. The Kier molecular flexibility index (Phi) is 8.29. The minimum absolute atomic E-state index is 0.676. The summed E-state index contributed by atoms with van der Waals surface area (Å²) in [6.45, 7) is 13.0. The first-order valence-corrected chi connectivity index (χ1v) is 16.6. The maximum atomic E-state index is 5.41. The van der Waals surface area contributed by atoms with Crippen molar-refractivity contribution in [1.29, 1.82) is 0 Å². The number of aryl methyl sites for hydroxylation is 3. The number of rotatable bonds is 6. The van der Waals surface area contributed by atoms with Crippen LogP contribution in [-0.2, 0) is 0 Å². The first-order chi connectivity index (χ1) is 23.3. The molecule has 0 saturated carbocycles. The van der Waals surface area contributed by atoms with Gasteiger partial charge in [-0.25, -0.2) is 15.0 Å². The third-order valence-corrected chi connectivity index (χ3v) is 9.77. The van der Waals surface area contributed by atoms with Gasteiger partial charge in [0.1, 0.15) is 0 Å². The van der Waals surface area contributed by atoms with Crippen molar-refractivity contribution in [3.8, 4) is 67.5 Å². The van der Waals surface area contributed by atoms with Gasteiger partial charge in [-0.1, -0.05) is 127 Å². The zero-order valence-corrected chi connectivity index (χ0v) is 28.5. The third-order valence-electron chi connectivity index (χ3n) is 9.77. The van der Waals surface area contributed by atoms with E-state index in [2.05, 4.69) is 169 Å². The number of hydrogen-bond acceptors (Lipinski definition) is 3. The van der Waals surface area contributed by atoms with Gasteiger partial charge in [0.25, 0.3) is 0 Å². The second kappa shape index (κ2) is 12.8. The molecule has 0 N–H and O–H groups in total. The molecule has 0 fully saturated rings. The molecule has 0 unspecified atom stereocenters. The lowest BCUT2D eigenvalue weighted by Crippen LogP contribution is -2.06. The maximum absolute atomic E-state index is 5.41. The van der Waals surface area contributed by atoms with Crippen molar-refractivity contribution in [1.82, 2.24) is 15.0 Å². The Morgan fingerprint density at radius 1 is 0.292 bits per heavy atom. The smallest absolute Gasteiger partial charge is 0.164 e. The van der Waals surface area contributed by atoms with Crippen molar-refractivity contribution in [2.24, 2.45) is 0 Å². The van der Waals surface area contributed by atoms with Gasteiger partial charge in [-0.05, 0) is 108 Å². The summed E-state index contributed by atoms with van der Waals surface area (Å²) in [5, 5.41) is 0. The van der Waals surface area contributed by atoms with E-state index in [0.29, 0.717) is 17.5 Å². The van der Waals surface area contributed by atoms with Crippen LogP contribution in [0.1, 0.15) is 33.4 Å².